The van der Waals surface area contributed by atoms with Crippen LogP contribution < -0.4 is 0 Å². The van der Waals surface area contributed by atoms with Crippen molar-refractivity contribution in [2.75, 3.05) is 19.8 Å². The third kappa shape index (κ3) is 2.77. The standard InChI is InChI=1S/C8H16O3/c1-2-10-6-8-7(9)4-3-5-11-8/h7-9H,2-6H2,1H3/p+1. The van der Waals surface area contributed by atoms with Crippen LogP contribution >= 0.6 is 0 Å². The highest BCUT2D eigenvalue weighted by atomic mass is 16.5. The molecule has 0 aromatic heterocycles. The maximum atomic E-state index is 7.60. The summed E-state index contributed by atoms with van der Waals surface area (Å²) >= 11 is 0. The van der Waals surface area contributed by atoms with Gasteiger partial charge in [0.25, 0.3) is 0 Å². The monoisotopic (exact) mass is 161 g/mol. The molecule has 0 aromatic rings. The van der Waals surface area contributed by atoms with Crippen LogP contribution in [-0.4, -0.2) is 37.1 Å². The van der Waals surface area contributed by atoms with Crippen molar-refractivity contribution in [3.63, 3.8) is 0 Å². The van der Waals surface area contributed by atoms with Crippen LogP contribution in [0.1, 0.15) is 19.8 Å². The lowest BCUT2D eigenvalue weighted by molar-refractivity contribution is -0.106. The Bertz CT molecular complexity index is 106. The first-order valence-corrected chi connectivity index (χ1v) is 4.25. The van der Waals surface area contributed by atoms with Gasteiger partial charge in [-0.3, -0.25) is 0 Å². The maximum Gasteiger partial charge on any atom is 0.182 e. The molecule has 66 valence electrons. The third-order valence-corrected chi connectivity index (χ3v) is 1.93. The highest BCUT2D eigenvalue weighted by Crippen LogP contribution is 2.13. The van der Waals surface area contributed by atoms with Gasteiger partial charge in [-0.25, -0.2) is 0 Å². The second-order valence-electron chi connectivity index (χ2n) is 2.82. The maximum absolute atomic E-state index is 7.60. The van der Waals surface area contributed by atoms with Gasteiger partial charge >= 0.3 is 0 Å². The van der Waals surface area contributed by atoms with E-state index in [1.807, 2.05) is 6.92 Å². The molecule has 0 aromatic carbocycles. The first kappa shape index (κ1) is 8.97. The quantitative estimate of drug-likeness (QED) is 0.558. The first-order chi connectivity index (χ1) is 5.34. The van der Waals surface area contributed by atoms with Crippen LogP contribution in [0, 0.1) is 0 Å². The van der Waals surface area contributed by atoms with Crippen molar-refractivity contribution in [1.29, 1.82) is 0 Å². The summed E-state index contributed by atoms with van der Waals surface area (Å²) in [7, 11) is 0. The van der Waals surface area contributed by atoms with E-state index in [2.05, 4.69) is 0 Å². The molecule has 2 N–H and O–H groups in total. The van der Waals surface area contributed by atoms with E-state index in [0.717, 1.165) is 19.4 Å². The molecule has 1 fully saturated rings. The number of hydrogen-bond acceptors (Lipinski definition) is 2. The van der Waals surface area contributed by atoms with Crippen LogP contribution in [0.2, 0.25) is 0 Å². The van der Waals surface area contributed by atoms with Gasteiger partial charge in [-0.2, -0.15) is 0 Å². The summed E-state index contributed by atoms with van der Waals surface area (Å²) in [4.78, 5) is 0. The molecule has 11 heavy (non-hydrogen) atoms. The molecule has 1 aliphatic rings. The molecule has 0 bridgehead atoms. The van der Waals surface area contributed by atoms with Gasteiger partial charge in [-0.05, 0) is 13.3 Å². The lowest BCUT2D eigenvalue weighted by atomic mass is 10.1. The molecule has 0 radical (unpaired) electrons. The third-order valence-electron chi connectivity index (χ3n) is 1.93. The van der Waals surface area contributed by atoms with Gasteiger partial charge in [0.05, 0.1) is 6.61 Å². The van der Waals surface area contributed by atoms with Gasteiger partial charge in [0.15, 0.2) is 12.2 Å². The minimum Gasteiger partial charge on any atom is -0.441 e. The van der Waals surface area contributed by atoms with Crippen LogP contribution in [0.5, 0.6) is 0 Å². The summed E-state index contributed by atoms with van der Waals surface area (Å²) in [5.41, 5.74) is 0. The Morgan fingerprint density at radius 2 is 2.45 bits per heavy atom. The fourth-order valence-corrected chi connectivity index (χ4v) is 1.24. The molecule has 0 saturated carbocycles. The first-order valence-electron chi connectivity index (χ1n) is 4.25. The summed E-state index contributed by atoms with van der Waals surface area (Å²) in [6, 6.07) is 0. The van der Waals surface area contributed by atoms with E-state index >= 15 is 0 Å². The van der Waals surface area contributed by atoms with Crippen molar-refractivity contribution in [1.82, 2.24) is 0 Å². The van der Waals surface area contributed by atoms with Crippen molar-refractivity contribution in [2.45, 2.75) is 32.0 Å². The smallest absolute Gasteiger partial charge is 0.182 e. The van der Waals surface area contributed by atoms with E-state index in [1.54, 1.807) is 0 Å². The van der Waals surface area contributed by atoms with Crippen LogP contribution in [0.15, 0.2) is 0 Å². The van der Waals surface area contributed by atoms with Gasteiger partial charge in [0.2, 0.25) is 0 Å². The Hall–Kier alpha value is -0.120. The Balaban J connectivity index is 2.18. The van der Waals surface area contributed by atoms with Crippen LogP contribution in [0.4, 0.5) is 0 Å². The van der Waals surface area contributed by atoms with Crippen molar-refractivity contribution < 1.29 is 14.6 Å². The predicted octanol–water partition coefficient (Wildman–Crippen LogP) is 0.295. The molecule has 1 saturated heterocycles. The largest absolute Gasteiger partial charge is 0.441 e. The molecule has 1 heterocycles. The zero-order valence-electron chi connectivity index (χ0n) is 7.01. The Labute approximate surface area is 67.3 Å². The van der Waals surface area contributed by atoms with E-state index in [4.69, 9.17) is 14.6 Å². The van der Waals surface area contributed by atoms with E-state index in [9.17, 15) is 0 Å². The lowest BCUT2D eigenvalue weighted by Gasteiger charge is -2.24. The second-order valence-corrected chi connectivity index (χ2v) is 2.82. The average Bonchev–Trinajstić information content (AvgIpc) is 2.03. The van der Waals surface area contributed by atoms with Crippen molar-refractivity contribution in [2.24, 2.45) is 0 Å². The van der Waals surface area contributed by atoms with Crippen LogP contribution in [-0.2, 0) is 9.47 Å². The SMILES string of the molecule is CCOCC1OCCCC1[OH2+]. The predicted molar refractivity (Wildman–Crippen MR) is 42.9 cm³/mol. The molecule has 0 aliphatic carbocycles. The number of ether oxygens (including phenoxy) is 2. The highest BCUT2D eigenvalue weighted by molar-refractivity contribution is 4.72. The zero-order chi connectivity index (χ0) is 8.10. The average molecular weight is 161 g/mol. The molecule has 3 heteroatoms. The van der Waals surface area contributed by atoms with E-state index in [0.29, 0.717) is 13.2 Å². The number of hydrogen-bond donors (Lipinski definition) is 0. The summed E-state index contributed by atoms with van der Waals surface area (Å²) in [6.45, 7) is 4.06. The lowest BCUT2D eigenvalue weighted by Crippen LogP contribution is -2.37. The van der Waals surface area contributed by atoms with Crippen molar-refractivity contribution in [3.05, 3.63) is 0 Å². The Kier molecular flexibility index (Phi) is 3.83. The van der Waals surface area contributed by atoms with Gasteiger partial charge in [-0.1, -0.05) is 0 Å². The fourth-order valence-electron chi connectivity index (χ4n) is 1.24. The minimum absolute atomic E-state index is 0.0173. The summed E-state index contributed by atoms with van der Waals surface area (Å²) in [5.74, 6) is 0. The summed E-state index contributed by atoms with van der Waals surface area (Å²) < 4.78 is 10.6. The van der Waals surface area contributed by atoms with E-state index in [1.165, 1.54) is 0 Å². The van der Waals surface area contributed by atoms with E-state index in [-0.39, 0.29) is 12.2 Å². The van der Waals surface area contributed by atoms with Gasteiger partial charge in [0, 0.05) is 19.6 Å². The van der Waals surface area contributed by atoms with Crippen LogP contribution in [0.25, 0.3) is 0 Å². The Morgan fingerprint density at radius 1 is 1.64 bits per heavy atom. The Morgan fingerprint density at radius 3 is 3.09 bits per heavy atom. The van der Waals surface area contributed by atoms with Gasteiger partial charge in [-0.15, -0.1) is 0 Å². The molecule has 0 amide bonds. The molecule has 0 spiro atoms. The molecule has 2 atom stereocenters. The van der Waals surface area contributed by atoms with E-state index < -0.39 is 0 Å². The molecular formula is C8H17O3+. The van der Waals surface area contributed by atoms with Crippen molar-refractivity contribution in [3.8, 4) is 0 Å². The van der Waals surface area contributed by atoms with Gasteiger partial charge < -0.3 is 14.6 Å². The van der Waals surface area contributed by atoms with Crippen LogP contribution in [0.3, 0.4) is 0 Å². The molecule has 1 rings (SSSR count). The van der Waals surface area contributed by atoms with Crippen molar-refractivity contribution >= 4 is 0 Å². The molecular weight excluding hydrogens is 144 g/mol. The normalized spacial score (nSPS) is 32.2. The molecule has 3 nitrogen and oxygen atoms in total. The highest BCUT2D eigenvalue weighted by Gasteiger charge is 2.27. The second kappa shape index (κ2) is 4.70. The molecule has 1 aliphatic heterocycles. The summed E-state index contributed by atoms with van der Waals surface area (Å²) in [6.07, 6.45) is 1.92. The molecule has 2 unspecified atom stereocenters. The fraction of sp³-hybridized carbons (Fsp3) is 1.00. The van der Waals surface area contributed by atoms with Gasteiger partial charge in [0.1, 0.15) is 0 Å². The number of rotatable bonds is 3. The summed E-state index contributed by atoms with van der Waals surface area (Å²) in [5, 5.41) is 7.60. The topological polar surface area (TPSA) is 41.4 Å². The minimum atomic E-state index is -0.0738. The zero-order valence-corrected chi connectivity index (χ0v) is 7.01.